The summed E-state index contributed by atoms with van der Waals surface area (Å²) in [6.45, 7) is 0.932. The smallest absolute Gasteiger partial charge is 0.337 e. The molecule has 0 aliphatic carbocycles. The highest BCUT2D eigenvalue weighted by atomic mass is 16.6. The molecular formula is C14H11NO5. The number of aromatic nitrogens is 1. The zero-order valence-corrected chi connectivity index (χ0v) is 10.4. The Hall–Kier alpha value is -2.76. The van der Waals surface area contributed by atoms with Crippen molar-refractivity contribution in [3.05, 3.63) is 52.4 Å². The van der Waals surface area contributed by atoms with Crippen LogP contribution in [0.1, 0.15) is 10.4 Å². The van der Waals surface area contributed by atoms with Crippen LogP contribution in [0.3, 0.4) is 0 Å². The lowest BCUT2D eigenvalue weighted by Crippen LogP contribution is -2.19. The molecule has 0 saturated heterocycles. The number of carboxylic acids is 1. The van der Waals surface area contributed by atoms with E-state index in [-0.39, 0.29) is 11.1 Å². The van der Waals surface area contributed by atoms with Gasteiger partial charge in [0.2, 0.25) is 0 Å². The predicted octanol–water partition coefficient (Wildman–Crippen LogP) is 1.31. The van der Waals surface area contributed by atoms with E-state index in [1.807, 2.05) is 0 Å². The molecule has 3 rings (SSSR count). The molecule has 2 aromatic rings. The molecule has 0 amide bonds. The molecule has 0 bridgehead atoms. The number of hydrogen-bond acceptors (Lipinski definition) is 4. The Kier molecular flexibility index (Phi) is 2.90. The van der Waals surface area contributed by atoms with Crippen molar-refractivity contribution in [2.75, 3.05) is 13.2 Å². The maximum absolute atomic E-state index is 11.9. The van der Waals surface area contributed by atoms with Crippen molar-refractivity contribution in [3.8, 4) is 17.2 Å². The first-order valence-electron chi connectivity index (χ1n) is 6.01. The van der Waals surface area contributed by atoms with Crippen molar-refractivity contribution >= 4 is 5.97 Å². The van der Waals surface area contributed by atoms with E-state index in [1.54, 1.807) is 18.2 Å². The van der Waals surface area contributed by atoms with Crippen LogP contribution in [-0.4, -0.2) is 28.9 Å². The van der Waals surface area contributed by atoms with Gasteiger partial charge in [-0.3, -0.25) is 9.36 Å². The van der Waals surface area contributed by atoms with Gasteiger partial charge in [-0.05, 0) is 18.2 Å². The van der Waals surface area contributed by atoms with Crippen molar-refractivity contribution in [3.63, 3.8) is 0 Å². The second kappa shape index (κ2) is 4.73. The van der Waals surface area contributed by atoms with E-state index in [0.717, 1.165) is 0 Å². The molecule has 1 aliphatic rings. The molecule has 6 nitrogen and oxygen atoms in total. The second-order valence-corrected chi connectivity index (χ2v) is 4.26. The van der Waals surface area contributed by atoms with Gasteiger partial charge in [0.15, 0.2) is 11.5 Å². The van der Waals surface area contributed by atoms with Crippen molar-refractivity contribution in [2.45, 2.75) is 0 Å². The van der Waals surface area contributed by atoms with Gasteiger partial charge in [-0.2, -0.15) is 0 Å². The highest BCUT2D eigenvalue weighted by Crippen LogP contribution is 2.31. The molecule has 0 fully saturated rings. The number of aromatic carboxylic acids is 1. The summed E-state index contributed by atoms with van der Waals surface area (Å²) in [6.07, 6.45) is 1.29. The first kappa shape index (κ1) is 12.3. The van der Waals surface area contributed by atoms with Gasteiger partial charge in [-0.25, -0.2) is 4.79 Å². The number of hydrogen-bond donors (Lipinski definition) is 1. The molecule has 0 spiro atoms. The standard InChI is InChI=1S/C14H11NO5/c16-13-4-1-9(14(17)18)8-15(13)10-2-3-11-12(7-10)20-6-5-19-11/h1-4,7-8H,5-6H2,(H,17,18). The Morgan fingerprint density at radius 1 is 1.10 bits per heavy atom. The maximum Gasteiger partial charge on any atom is 0.337 e. The van der Waals surface area contributed by atoms with Crippen LogP contribution in [0, 0.1) is 0 Å². The number of carboxylic acid groups (broad SMARTS) is 1. The monoisotopic (exact) mass is 273 g/mol. The minimum absolute atomic E-state index is 0.0412. The molecule has 1 N–H and O–H groups in total. The Labute approximate surface area is 113 Å². The van der Waals surface area contributed by atoms with E-state index < -0.39 is 5.97 Å². The van der Waals surface area contributed by atoms with Gasteiger partial charge >= 0.3 is 5.97 Å². The number of carbonyl (C=O) groups is 1. The van der Waals surface area contributed by atoms with Gasteiger partial charge in [0.25, 0.3) is 5.56 Å². The number of nitrogens with zero attached hydrogens (tertiary/aromatic N) is 1. The normalized spacial score (nSPS) is 13.0. The zero-order chi connectivity index (χ0) is 14.1. The molecule has 1 aliphatic heterocycles. The van der Waals surface area contributed by atoms with E-state index in [1.165, 1.54) is 22.9 Å². The van der Waals surface area contributed by atoms with Crippen LogP contribution in [0.2, 0.25) is 0 Å². The van der Waals surface area contributed by atoms with E-state index in [4.69, 9.17) is 14.6 Å². The van der Waals surface area contributed by atoms with Gasteiger partial charge in [0.05, 0.1) is 11.3 Å². The summed E-state index contributed by atoms with van der Waals surface area (Å²) in [5.41, 5.74) is 0.258. The van der Waals surface area contributed by atoms with Gasteiger partial charge in [0.1, 0.15) is 13.2 Å². The van der Waals surface area contributed by atoms with Crippen molar-refractivity contribution in [1.29, 1.82) is 0 Å². The average molecular weight is 273 g/mol. The lowest BCUT2D eigenvalue weighted by Gasteiger charge is -2.19. The van der Waals surface area contributed by atoms with Crippen LogP contribution in [-0.2, 0) is 0 Å². The minimum Gasteiger partial charge on any atom is -0.486 e. The summed E-state index contributed by atoms with van der Waals surface area (Å²) >= 11 is 0. The third-order valence-corrected chi connectivity index (χ3v) is 2.96. The van der Waals surface area contributed by atoms with Crippen LogP contribution >= 0.6 is 0 Å². The molecular weight excluding hydrogens is 262 g/mol. The molecule has 2 heterocycles. The summed E-state index contributed by atoms with van der Waals surface area (Å²) in [7, 11) is 0. The van der Waals surface area contributed by atoms with E-state index in [0.29, 0.717) is 30.4 Å². The van der Waals surface area contributed by atoms with Crippen LogP contribution in [0.15, 0.2) is 41.3 Å². The van der Waals surface area contributed by atoms with Crippen molar-refractivity contribution in [1.82, 2.24) is 4.57 Å². The Balaban J connectivity index is 2.11. The fourth-order valence-corrected chi connectivity index (χ4v) is 2.00. The van der Waals surface area contributed by atoms with E-state index in [9.17, 15) is 9.59 Å². The zero-order valence-electron chi connectivity index (χ0n) is 10.4. The topological polar surface area (TPSA) is 77.8 Å². The molecule has 0 unspecified atom stereocenters. The van der Waals surface area contributed by atoms with E-state index >= 15 is 0 Å². The summed E-state index contributed by atoms with van der Waals surface area (Å²) in [4.78, 5) is 22.8. The highest BCUT2D eigenvalue weighted by molar-refractivity contribution is 5.87. The number of ether oxygens (including phenoxy) is 2. The molecule has 6 heteroatoms. The van der Waals surface area contributed by atoms with Crippen molar-refractivity contribution in [2.24, 2.45) is 0 Å². The maximum atomic E-state index is 11.9. The minimum atomic E-state index is -1.09. The molecule has 1 aromatic carbocycles. The fraction of sp³-hybridized carbons (Fsp3) is 0.143. The molecule has 20 heavy (non-hydrogen) atoms. The lowest BCUT2D eigenvalue weighted by molar-refractivity contribution is 0.0696. The van der Waals surface area contributed by atoms with E-state index in [2.05, 4.69) is 0 Å². The van der Waals surface area contributed by atoms with Gasteiger partial charge in [-0.1, -0.05) is 0 Å². The van der Waals surface area contributed by atoms with Crippen LogP contribution in [0.5, 0.6) is 11.5 Å². The number of rotatable bonds is 2. The summed E-state index contributed by atoms with van der Waals surface area (Å²) < 4.78 is 12.1. The first-order valence-corrected chi connectivity index (χ1v) is 6.01. The van der Waals surface area contributed by atoms with Crippen LogP contribution in [0.4, 0.5) is 0 Å². The second-order valence-electron chi connectivity index (χ2n) is 4.26. The van der Waals surface area contributed by atoms with Crippen LogP contribution < -0.4 is 15.0 Å². The summed E-state index contributed by atoms with van der Waals surface area (Å²) in [6, 6.07) is 7.53. The van der Waals surface area contributed by atoms with Crippen LogP contribution in [0.25, 0.3) is 5.69 Å². The molecule has 102 valence electrons. The predicted molar refractivity (Wildman–Crippen MR) is 70.0 cm³/mol. The highest BCUT2D eigenvalue weighted by Gasteiger charge is 2.13. The van der Waals surface area contributed by atoms with Gasteiger partial charge in [0, 0.05) is 18.3 Å². The Morgan fingerprint density at radius 2 is 1.85 bits per heavy atom. The Morgan fingerprint density at radius 3 is 2.60 bits per heavy atom. The summed E-state index contributed by atoms with van der Waals surface area (Å²) in [5, 5.41) is 8.98. The lowest BCUT2D eigenvalue weighted by atomic mass is 10.2. The first-order chi connectivity index (χ1) is 9.65. The van der Waals surface area contributed by atoms with Gasteiger partial charge < -0.3 is 14.6 Å². The molecule has 0 saturated carbocycles. The quantitative estimate of drug-likeness (QED) is 0.892. The Bertz CT molecular complexity index is 735. The number of pyridine rings is 1. The molecule has 0 radical (unpaired) electrons. The molecule has 0 atom stereocenters. The number of benzene rings is 1. The SMILES string of the molecule is O=C(O)c1ccc(=O)n(-c2ccc3c(c2)OCCO3)c1. The third-order valence-electron chi connectivity index (χ3n) is 2.96. The number of fused-ring (bicyclic) bond motifs is 1. The fourth-order valence-electron chi connectivity index (χ4n) is 2.00. The van der Waals surface area contributed by atoms with Crippen molar-refractivity contribution < 1.29 is 19.4 Å². The van der Waals surface area contributed by atoms with Gasteiger partial charge in [-0.15, -0.1) is 0 Å². The summed E-state index contributed by atoms with van der Waals surface area (Å²) in [5.74, 6) is 0.0695. The molecule has 1 aromatic heterocycles. The average Bonchev–Trinajstić information content (AvgIpc) is 2.47. The largest absolute Gasteiger partial charge is 0.486 e. The third kappa shape index (κ3) is 2.11.